The zero-order valence-electron chi connectivity index (χ0n) is 36.0. The van der Waals surface area contributed by atoms with E-state index in [1.54, 1.807) is 30.3 Å². The van der Waals surface area contributed by atoms with E-state index < -0.39 is 103 Å². The third-order valence-electron chi connectivity index (χ3n) is 9.08. The Morgan fingerprint density at radius 1 is 0.600 bits per heavy atom. The highest BCUT2D eigenvalue weighted by Gasteiger charge is 2.26. The lowest BCUT2D eigenvalue weighted by molar-refractivity contribution is -0.142. The molecule has 0 bridgehead atoms. The Labute approximate surface area is 372 Å². The standard InChI is InChI=1S/C40H54N14O11/c1-21(42)36(60)48-23(3)38(62)49-22(2)37(61)46-19-31-44-16-13-27(52-31)25-9-6-8-24(50-25)26-12-15-43-30(51-26)18-45-32(55)10-11-33(56)54-29(17-35(58)59)39(63)47-20-34(57)53-28(40(64)65)7-4-5-14-41/h6,8-9,12-13,15-16,21-23,28-29H,4-5,7,10-11,14,17-20,41-42H2,1-3H3,(H,45,55)(H,46,61)(H,47,63)(H,48,60)(H,49,62)(H,53,57)(H,54,56)(H,58,59)(H,64,65)/t21?,22?,23?,28-,29-/m0/s1. The average molecular weight is 907 g/mol. The normalized spacial score (nSPS) is 13.1. The molecule has 7 amide bonds. The molecule has 0 saturated heterocycles. The van der Waals surface area contributed by atoms with Gasteiger partial charge in [-0.1, -0.05) is 6.07 Å². The molecule has 0 aliphatic rings. The summed E-state index contributed by atoms with van der Waals surface area (Å²) in [5, 5.41) is 35.5. The molecule has 65 heavy (non-hydrogen) atoms. The van der Waals surface area contributed by atoms with Crippen LogP contribution in [0.1, 0.15) is 70.9 Å². The van der Waals surface area contributed by atoms with Crippen molar-refractivity contribution < 1.29 is 53.4 Å². The second kappa shape index (κ2) is 26.2. The zero-order valence-corrected chi connectivity index (χ0v) is 36.0. The minimum Gasteiger partial charge on any atom is -0.481 e. The van der Waals surface area contributed by atoms with Crippen LogP contribution in [0.4, 0.5) is 0 Å². The number of pyridine rings is 1. The van der Waals surface area contributed by atoms with Crippen molar-refractivity contribution in [2.75, 3.05) is 13.1 Å². The third kappa shape index (κ3) is 18.4. The smallest absolute Gasteiger partial charge is 0.326 e. The molecule has 0 radical (unpaired) electrons. The number of nitrogens with two attached hydrogens (primary N) is 2. The number of unbranched alkanes of at least 4 members (excludes halogenated alkanes) is 1. The van der Waals surface area contributed by atoms with E-state index in [4.69, 9.17) is 11.5 Å². The van der Waals surface area contributed by atoms with Crippen LogP contribution in [0.5, 0.6) is 0 Å². The van der Waals surface area contributed by atoms with E-state index in [-0.39, 0.29) is 37.6 Å². The molecule has 25 nitrogen and oxygen atoms in total. The van der Waals surface area contributed by atoms with Crippen LogP contribution in [0.15, 0.2) is 42.7 Å². The van der Waals surface area contributed by atoms with Crippen LogP contribution in [0.3, 0.4) is 0 Å². The molecule has 350 valence electrons. The van der Waals surface area contributed by atoms with Crippen molar-refractivity contribution in [1.82, 2.24) is 62.1 Å². The molecule has 3 rings (SSSR count). The predicted octanol–water partition coefficient (Wildman–Crippen LogP) is -2.86. The van der Waals surface area contributed by atoms with Gasteiger partial charge in [-0.05, 0) is 70.8 Å². The van der Waals surface area contributed by atoms with Gasteiger partial charge < -0.3 is 58.9 Å². The molecule has 3 aromatic rings. The number of carboxylic acid groups (broad SMARTS) is 2. The van der Waals surface area contributed by atoms with Gasteiger partial charge in [0.15, 0.2) is 0 Å². The molecule has 0 aliphatic carbocycles. The van der Waals surface area contributed by atoms with E-state index in [0.29, 0.717) is 42.2 Å². The number of aromatic nitrogens is 5. The summed E-state index contributed by atoms with van der Waals surface area (Å²) in [4.78, 5) is 132. The van der Waals surface area contributed by atoms with Crippen LogP contribution >= 0.6 is 0 Å². The van der Waals surface area contributed by atoms with Crippen molar-refractivity contribution >= 4 is 53.3 Å². The van der Waals surface area contributed by atoms with Gasteiger partial charge in [-0.25, -0.2) is 29.7 Å². The van der Waals surface area contributed by atoms with E-state index in [1.807, 2.05) is 0 Å². The predicted molar refractivity (Wildman–Crippen MR) is 228 cm³/mol. The lowest BCUT2D eigenvalue weighted by atomic mass is 10.1. The Morgan fingerprint density at radius 3 is 1.71 bits per heavy atom. The molecule has 3 unspecified atom stereocenters. The van der Waals surface area contributed by atoms with Crippen LogP contribution < -0.4 is 48.7 Å². The number of nitrogens with zero attached hydrogens (tertiary/aromatic N) is 5. The fraction of sp³-hybridized carbons (Fsp3) is 0.450. The molecule has 0 spiro atoms. The zero-order chi connectivity index (χ0) is 48.1. The van der Waals surface area contributed by atoms with Crippen molar-refractivity contribution in [1.29, 1.82) is 0 Å². The summed E-state index contributed by atoms with van der Waals surface area (Å²) in [6, 6.07) is 2.86. The topological polar surface area (TPSA) is 395 Å². The van der Waals surface area contributed by atoms with Crippen LogP contribution in [-0.4, -0.2) is 132 Å². The summed E-state index contributed by atoms with van der Waals surface area (Å²) >= 11 is 0. The first-order valence-electron chi connectivity index (χ1n) is 20.4. The molecule has 5 atom stereocenters. The maximum Gasteiger partial charge on any atom is 0.326 e. The first-order chi connectivity index (χ1) is 30.9. The minimum absolute atomic E-state index is 0.0744. The van der Waals surface area contributed by atoms with E-state index in [2.05, 4.69) is 62.1 Å². The van der Waals surface area contributed by atoms with Gasteiger partial charge in [0.05, 0.1) is 54.9 Å². The molecular formula is C40H54N14O11. The van der Waals surface area contributed by atoms with E-state index in [1.165, 1.54) is 33.2 Å². The minimum atomic E-state index is -1.60. The SMILES string of the molecule is CC(N)C(=O)NC(C)C(=O)NC(C)C(=O)NCc1nccc(-c2cccc(-c3ccnc(CNC(=O)CCC(=O)N[C@@H](CC(=O)O)C(=O)NCC(=O)N[C@@H](CCCCN)C(=O)O)n3)n2)n1. The van der Waals surface area contributed by atoms with Crippen LogP contribution in [0.25, 0.3) is 22.8 Å². The van der Waals surface area contributed by atoms with Crippen molar-refractivity contribution in [3.05, 3.63) is 54.4 Å². The molecule has 3 aromatic heterocycles. The number of carbonyl (C=O) groups excluding carboxylic acids is 7. The number of amides is 7. The second-order valence-corrected chi connectivity index (χ2v) is 14.5. The quantitative estimate of drug-likeness (QED) is 0.0361. The van der Waals surface area contributed by atoms with Crippen molar-refractivity contribution in [2.24, 2.45) is 11.5 Å². The summed E-state index contributed by atoms with van der Waals surface area (Å²) in [6.45, 7) is 3.87. The summed E-state index contributed by atoms with van der Waals surface area (Å²) < 4.78 is 0. The average Bonchev–Trinajstić information content (AvgIpc) is 3.27. The Balaban J connectivity index is 1.51. The maximum absolute atomic E-state index is 12.7. The number of hydrogen-bond acceptors (Lipinski definition) is 16. The summed E-state index contributed by atoms with van der Waals surface area (Å²) in [5.41, 5.74) is 12.6. The number of rotatable bonds is 26. The van der Waals surface area contributed by atoms with E-state index in [0.717, 1.165) is 0 Å². The van der Waals surface area contributed by atoms with Gasteiger partial charge in [0.2, 0.25) is 41.4 Å². The Kier molecular flexibility index (Phi) is 20.9. The van der Waals surface area contributed by atoms with Gasteiger partial charge in [-0.3, -0.25) is 38.4 Å². The van der Waals surface area contributed by atoms with E-state index >= 15 is 0 Å². The fourth-order valence-electron chi connectivity index (χ4n) is 5.54. The number of nitrogens with one attached hydrogen (secondary N) is 7. The van der Waals surface area contributed by atoms with Crippen molar-refractivity contribution in [2.45, 2.75) is 103 Å². The summed E-state index contributed by atoms with van der Waals surface area (Å²) in [6.07, 6.45) is 2.43. The maximum atomic E-state index is 12.7. The van der Waals surface area contributed by atoms with Gasteiger partial charge in [0, 0.05) is 25.2 Å². The molecule has 0 aromatic carbocycles. The lowest BCUT2D eigenvalue weighted by Crippen LogP contribution is -2.53. The molecular weight excluding hydrogens is 853 g/mol. The molecule has 0 saturated carbocycles. The first kappa shape index (κ1) is 51.8. The van der Waals surface area contributed by atoms with Gasteiger partial charge in [0.1, 0.15) is 35.8 Å². The lowest BCUT2D eigenvalue weighted by Gasteiger charge is -2.19. The largest absolute Gasteiger partial charge is 0.481 e. The van der Waals surface area contributed by atoms with Crippen LogP contribution in [0.2, 0.25) is 0 Å². The monoisotopic (exact) mass is 906 g/mol. The first-order valence-corrected chi connectivity index (χ1v) is 20.4. The number of hydrogen-bond donors (Lipinski definition) is 11. The second-order valence-electron chi connectivity index (χ2n) is 14.5. The fourth-order valence-corrected chi connectivity index (χ4v) is 5.54. The number of carboxylic acids is 2. The molecule has 0 fully saturated rings. The summed E-state index contributed by atoms with van der Waals surface area (Å²) in [7, 11) is 0. The van der Waals surface area contributed by atoms with E-state index in [9.17, 15) is 53.4 Å². The summed E-state index contributed by atoms with van der Waals surface area (Å²) in [5.74, 6) is -7.13. The molecule has 0 aliphatic heterocycles. The highest BCUT2D eigenvalue weighted by molar-refractivity contribution is 5.94. The Morgan fingerprint density at radius 2 is 1.14 bits per heavy atom. The molecule has 13 N–H and O–H groups in total. The molecule has 25 heteroatoms. The number of aliphatic carboxylic acids is 2. The molecule has 3 heterocycles. The highest BCUT2D eigenvalue weighted by Crippen LogP contribution is 2.20. The third-order valence-corrected chi connectivity index (χ3v) is 9.08. The number of carbonyl (C=O) groups is 9. The van der Waals surface area contributed by atoms with Crippen LogP contribution in [0, 0.1) is 0 Å². The van der Waals surface area contributed by atoms with Gasteiger partial charge in [0.25, 0.3) is 0 Å². The van der Waals surface area contributed by atoms with Gasteiger partial charge in [-0.15, -0.1) is 0 Å². The Hall–Kier alpha value is -7.54. The highest BCUT2D eigenvalue weighted by atomic mass is 16.4. The van der Waals surface area contributed by atoms with Crippen molar-refractivity contribution in [3.63, 3.8) is 0 Å². The van der Waals surface area contributed by atoms with Gasteiger partial charge >= 0.3 is 11.9 Å². The van der Waals surface area contributed by atoms with Crippen LogP contribution in [-0.2, 0) is 56.2 Å². The van der Waals surface area contributed by atoms with Gasteiger partial charge in [-0.2, -0.15) is 0 Å². The Bertz CT molecular complexity index is 2190. The van der Waals surface area contributed by atoms with Crippen molar-refractivity contribution in [3.8, 4) is 22.8 Å².